The van der Waals surface area contributed by atoms with Crippen LogP contribution in [0.1, 0.15) is 35.5 Å². The number of rotatable bonds is 3. The predicted octanol–water partition coefficient (Wildman–Crippen LogP) is 2.97. The maximum atomic E-state index is 5.80. The van der Waals surface area contributed by atoms with Crippen LogP contribution >= 0.6 is 11.8 Å². The molecule has 0 aromatic carbocycles. The van der Waals surface area contributed by atoms with Gasteiger partial charge in [0.15, 0.2) is 5.16 Å². The quantitative estimate of drug-likeness (QED) is 0.872. The molecule has 19 heavy (non-hydrogen) atoms. The van der Waals surface area contributed by atoms with Crippen LogP contribution in [0.25, 0.3) is 0 Å². The van der Waals surface area contributed by atoms with Gasteiger partial charge in [-0.3, -0.25) is 0 Å². The molecule has 0 amide bonds. The van der Waals surface area contributed by atoms with Crippen LogP contribution in [-0.4, -0.2) is 15.0 Å². The fourth-order valence-corrected chi connectivity index (χ4v) is 2.40. The summed E-state index contributed by atoms with van der Waals surface area (Å²) >= 11 is 1.47. The van der Waals surface area contributed by atoms with Crippen molar-refractivity contribution < 1.29 is 0 Å². The number of hydrogen-bond donors (Lipinski definition) is 1. The van der Waals surface area contributed by atoms with Crippen molar-refractivity contribution in [1.29, 1.82) is 0 Å². The average Bonchev–Trinajstić information content (AvgIpc) is 2.36. The highest BCUT2D eigenvalue weighted by molar-refractivity contribution is 7.99. The molecule has 2 aromatic rings. The normalized spacial score (nSPS) is 12.5. The standard InChI is InChI=1S/C14H18N4S/c1-8-10(3)17-14(18-11(8)4)19-13-6-5-12(7-16-13)9(2)15/h5-7,9H,15H2,1-4H3/t9-/m0/s1. The third-order valence-corrected chi connectivity index (χ3v) is 3.91. The van der Waals surface area contributed by atoms with Gasteiger partial charge in [-0.15, -0.1) is 0 Å². The van der Waals surface area contributed by atoms with Gasteiger partial charge >= 0.3 is 0 Å². The number of aryl methyl sites for hydroxylation is 2. The van der Waals surface area contributed by atoms with Crippen molar-refractivity contribution in [2.24, 2.45) is 5.73 Å². The fourth-order valence-electron chi connectivity index (χ4n) is 1.60. The maximum Gasteiger partial charge on any atom is 0.194 e. The highest BCUT2D eigenvalue weighted by atomic mass is 32.2. The van der Waals surface area contributed by atoms with E-state index in [1.54, 1.807) is 6.20 Å². The summed E-state index contributed by atoms with van der Waals surface area (Å²) in [6.45, 7) is 7.98. The van der Waals surface area contributed by atoms with Gasteiger partial charge in [0.05, 0.1) is 0 Å². The number of nitrogens with two attached hydrogens (primary N) is 1. The monoisotopic (exact) mass is 274 g/mol. The van der Waals surface area contributed by atoms with Gasteiger partial charge in [-0.2, -0.15) is 0 Å². The van der Waals surface area contributed by atoms with Crippen LogP contribution in [0.2, 0.25) is 0 Å². The maximum absolute atomic E-state index is 5.80. The first kappa shape index (κ1) is 14.0. The second-order valence-corrected chi connectivity index (χ2v) is 5.61. The predicted molar refractivity (Wildman–Crippen MR) is 77.2 cm³/mol. The van der Waals surface area contributed by atoms with E-state index in [1.807, 2.05) is 39.8 Å². The van der Waals surface area contributed by atoms with Crippen LogP contribution in [0, 0.1) is 20.8 Å². The molecule has 0 fully saturated rings. The lowest BCUT2D eigenvalue weighted by atomic mass is 10.2. The van der Waals surface area contributed by atoms with E-state index in [2.05, 4.69) is 15.0 Å². The molecule has 4 nitrogen and oxygen atoms in total. The van der Waals surface area contributed by atoms with E-state index in [-0.39, 0.29) is 6.04 Å². The first-order chi connectivity index (χ1) is 8.97. The van der Waals surface area contributed by atoms with Crippen LogP contribution in [0.3, 0.4) is 0 Å². The molecule has 0 saturated carbocycles. The summed E-state index contributed by atoms with van der Waals surface area (Å²) < 4.78 is 0. The van der Waals surface area contributed by atoms with Crippen molar-refractivity contribution in [2.45, 2.75) is 43.9 Å². The van der Waals surface area contributed by atoms with Gasteiger partial charge in [0.25, 0.3) is 0 Å². The third kappa shape index (κ3) is 3.30. The summed E-state index contributed by atoms with van der Waals surface area (Å²) in [7, 11) is 0. The lowest BCUT2D eigenvalue weighted by Gasteiger charge is -2.07. The smallest absolute Gasteiger partial charge is 0.194 e. The van der Waals surface area contributed by atoms with Crippen LogP contribution < -0.4 is 5.73 Å². The van der Waals surface area contributed by atoms with E-state index in [0.29, 0.717) is 0 Å². The van der Waals surface area contributed by atoms with Gasteiger partial charge in [0, 0.05) is 23.6 Å². The first-order valence-electron chi connectivity index (χ1n) is 6.18. The number of pyridine rings is 1. The Bertz CT molecular complexity index is 555. The Hall–Kier alpha value is -1.46. The molecule has 0 aliphatic heterocycles. The van der Waals surface area contributed by atoms with E-state index >= 15 is 0 Å². The van der Waals surface area contributed by atoms with Crippen molar-refractivity contribution in [3.05, 3.63) is 40.8 Å². The SMILES string of the molecule is Cc1nc(Sc2ccc([C@H](C)N)cn2)nc(C)c1C. The lowest BCUT2D eigenvalue weighted by molar-refractivity contribution is 0.805. The third-order valence-electron chi connectivity index (χ3n) is 3.09. The van der Waals surface area contributed by atoms with E-state index < -0.39 is 0 Å². The molecule has 100 valence electrons. The number of hydrogen-bond acceptors (Lipinski definition) is 5. The molecular formula is C14H18N4S. The average molecular weight is 274 g/mol. The second kappa shape index (κ2) is 5.67. The molecule has 2 heterocycles. The molecule has 1 atom stereocenters. The minimum absolute atomic E-state index is 0.00617. The topological polar surface area (TPSA) is 64.7 Å². The highest BCUT2D eigenvalue weighted by Gasteiger charge is 2.07. The Labute approximate surface area is 117 Å². The van der Waals surface area contributed by atoms with Crippen LogP contribution in [-0.2, 0) is 0 Å². The van der Waals surface area contributed by atoms with Gasteiger partial charge in [0.1, 0.15) is 5.03 Å². The van der Waals surface area contributed by atoms with Gasteiger partial charge in [-0.05, 0) is 56.7 Å². The Kier molecular flexibility index (Phi) is 4.17. The summed E-state index contributed by atoms with van der Waals surface area (Å²) in [4.78, 5) is 13.3. The molecule has 0 spiro atoms. The molecular weight excluding hydrogens is 256 g/mol. The molecule has 0 bridgehead atoms. The van der Waals surface area contributed by atoms with Gasteiger partial charge in [-0.25, -0.2) is 15.0 Å². The Morgan fingerprint density at radius 1 is 1.11 bits per heavy atom. The second-order valence-electron chi connectivity index (χ2n) is 4.62. The zero-order valence-electron chi connectivity index (χ0n) is 11.6. The van der Waals surface area contributed by atoms with E-state index in [0.717, 1.165) is 32.7 Å². The minimum atomic E-state index is 0.00617. The zero-order chi connectivity index (χ0) is 14.0. The Balaban J connectivity index is 2.21. The van der Waals surface area contributed by atoms with E-state index in [4.69, 9.17) is 5.73 Å². The van der Waals surface area contributed by atoms with Crippen molar-refractivity contribution in [2.75, 3.05) is 0 Å². The highest BCUT2D eigenvalue weighted by Crippen LogP contribution is 2.24. The minimum Gasteiger partial charge on any atom is -0.324 e. The summed E-state index contributed by atoms with van der Waals surface area (Å²) in [5.74, 6) is 0. The first-order valence-corrected chi connectivity index (χ1v) is 7.00. The largest absolute Gasteiger partial charge is 0.324 e. The van der Waals surface area contributed by atoms with Crippen molar-refractivity contribution in [1.82, 2.24) is 15.0 Å². The summed E-state index contributed by atoms with van der Waals surface area (Å²) in [6, 6.07) is 3.96. The molecule has 2 aromatic heterocycles. The van der Waals surface area contributed by atoms with E-state index in [1.165, 1.54) is 11.8 Å². The Morgan fingerprint density at radius 2 is 1.74 bits per heavy atom. The number of nitrogens with zero attached hydrogens (tertiary/aromatic N) is 3. The van der Waals surface area contributed by atoms with Crippen molar-refractivity contribution in [3.8, 4) is 0 Å². The Morgan fingerprint density at radius 3 is 2.21 bits per heavy atom. The van der Waals surface area contributed by atoms with Crippen molar-refractivity contribution >= 4 is 11.8 Å². The molecule has 5 heteroatoms. The molecule has 0 radical (unpaired) electrons. The molecule has 2 rings (SSSR count). The van der Waals surface area contributed by atoms with Gasteiger partial charge < -0.3 is 5.73 Å². The molecule has 2 N–H and O–H groups in total. The lowest BCUT2D eigenvalue weighted by Crippen LogP contribution is -2.05. The summed E-state index contributed by atoms with van der Waals surface area (Å²) in [5, 5.41) is 1.62. The molecule has 0 saturated heterocycles. The summed E-state index contributed by atoms with van der Waals surface area (Å²) in [6.07, 6.45) is 1.81. The van der Waals surface area contributed by atoms with Gasteiger partial charge in [-0.1, -0.05) is 6.07 Å². The van der Waals surface area contributed by atoms with Crippen LogP contribution in [0.15, 0.2) is 28.5 Å². The molecule has 0 aliphatic carbocycles. The molecule has 0 aliphatic rings. The number of aromatic nitrogens is 3. The fraction of sp³-hybridized carbons (Fsp3) is 0.357. The summed E-state index contributed by atoms with van der Waals surface area (Å²) in [5.41, 5.74) is 10.0. The van der Waals surface area contributed by atoms with Crippen LogP contribution in [0.5, 0.6) is 0 Å². The van der Waals surface area contributed by atoms with Crippen LogP contribution in [0.4, 0.5) is 0 Å². The molecule has 0 unspecified atom stereocenters. The van der Waals surface area contributed by atoms with Gasteiger partial charge in [0.2, 0.25) is 0 Å². The zero-order valence-corrected chi connectivity index (χ0v) is 12.5. The van der Waals surface area contributed by atoms with Crippen molar-refractivity contribution in [3.63, 3.8) is 0 Å². The van der Waals surface area contributed by atoms with E-state index in [9.17, 15) is 0 Å².